The minimum Gasteiger partial charge on any atom is -0.483 e. The summed E-state index contributed by atoms with van der Waals surface area (Å²) in [7, 11) is 2.15. The standard InChI is InChI=1S/C23H29NO9/c1-24-7-6-23-10-3-4-12(25)20(23)32-18-13(5-2-9(14(18)23)8-11(10)24)31-22-17(28)15(26)16(27)19(33-22)21(29)30/h2,5,10-12,15-17,19-20,22,25-28H,3-4,6-8H2,1H3,(H,29,30)/t10?,11?,12-,15?,16?,17?,19?,20?,22?,23?/m0/s1. The van der Waals surface area contributed by atoms with E-state index in [1.165, 1.54) is 0 Å². The Labute approximate surface area is 190 Å². The van der Waals surface area contributed by atoms with Crippen LogP contribution in [0.1, 0.15) is 30.4 Å². The maximum Gasteiger partial charge on any atom is 0.335 e. The molecule has 1 spiro atoms. The van der Waals surface area contributed by atoms with Crippen LogP contribution in [0, 0.1) is 5.92 Å². The largest absolute Gasteiger partial charge is 0.483 e. The summed E-state index contributed by atoms with van der Waals surface area (Å²) in [5.41, 5.74) is 1.87. The highest BCUT2D eigenvalue weighted by Gasteiger charge is 2.65. The lowest BCUT2D eigenvalue weighted by atomic mass is 9.51. The molecule has 0 radical (unpaired) electrons. The molecule has 9 unspecified atom stereocenters. The molecule has 3 fully saturated rings. The summed E-state index contributed by atoms with van der Waals surface area (Å²) >= 11 is 0. The SMILES string of the molecule is CN1CCC23c4c5ccc(OC6OC(C(=O)O)C(O)C(O)C6O)c4OC2[C@@H](O)CCC3C1C5. The van der Waals surface area contributed by atoms with Crippen molar-refractivity contribution >= 4 is 5.97 Å². The van der Waals surface area contributed by atoms with Gasteiger partial charge in [0.2, 0.25) is 6.29 Å². The van der Waals surface area contributed by atoms with Gasteiger partial charge in [-0.1, -0.05) is 6.07 Å². The van der Waals surface area contributed by atoms with Crippen molar-refractivity contribution in [1.29, 1.82) is 0 Å². The lowest BCUT2D eigenvalue weighted by Crippen LogP contribution is -2.66. The Bertz CT molecular complexity index is 987. The molecule has 1 saturated carbocycles. The lowest BCUT2D eigenvalue weighted by molar-refractivity contribution is -0.271. The zero-order valence-electron chi connectivity index (χ0n) is 18.2. The van der Waals surface area contributed by atoms with Crippen molar-refractivity contribution < 1.29 is 44.5 Å². The highest BCUT2D eigenvalue weighted by Crippen LogP contribution is 2.63. The Kier molecular flexibility index (Phi) is 4.75. The molecule has 180 valence electrons. The first kappa shape index (κ1) is 21.6. The van der Waals surface area contributed by atoms with Crippen LogP contribution < -0.4 is 9.47 Å². The minimum atomic E-state index is -1.79. The van der Waals surface area contributed by atoms with Gasteiger partial charge in [-0.05, 0) is 56.8 Å². The number of aliphatic hydroxyl groups is 4. The van der Waals surface area contributed by atoms with E-state index in [1.54, 1.807) is 6.07 Å². The van der Waals surface area contributed by atoms with Crippen LogP contribution >= 0.6 is 0 Å². The molecule has 33 heavy (non-hydrogen) atoms. The molecule has 2 saturated heterocycles. The number of aliphatic hydroxyl groups excluding tert-OH is 4. The van der Waals surface area contributed by atoms with Gasteiger partial charge < -0.3 is 44.6 Å². The van der Waals surface area contributed by atoms with Gasteiger partial charge in [0.15, 0.2) is 17.6 Å². The summed E-state index contributed by atoms with van der Waals surface area (Å²) in [6.45, 7) is 0.895. The van der Waals surface area contributed by atoms with E-state index in [-0.39, 0.29) is 11.2 Å². The van der Waals surface area contributed by atoms with E-state index in [0.717, 1.165) is 36.9 Å². The van der Waals surface area contributed by atoms with E-state index in [9.17, 15) is 30.3 Å². The second-order valence-corrected chi connectivity index (χ2v) is 10.1. The number of likely N-dealkylation sites (tertiary alicyclic amines) is 1. The quantitative estimate of drug-likeness (QED) is 0.377. The summed E-state index contributed by atoms with van der Waals surface area (Å²) in [6.07, 6.45) is -6.18. The van der Waals surface area contributed by atoms with Gasteiger partial charge in [0.1, 0.15) is 24.4 Å². The number of aliphatic carboxylic acids is 1. The molecule has 3 heterocycles. The van der Waals surface area contributed by atoms with Crippen molar-refractivity contribution in [3.8, 4) is 11.5 Å². The highest BCUT2D eigenvalue weighted by molar-refractivity contribution is 5.73. The molecular weight excluding hydrogens is 434 g/mol. The van der Waals surface area contributed by atoms with E-state index in [2.05, 4.69) is 11.9 Å². The zero-order valence-corrected chi connectivity index (χ0v) is 18.2. The van der Waals surface area contributed by atoms with Crippen molar-refractivity contribution in [2.75, 3.05) is 13.6 Å². The first-order valence-electron chi connectivity index (χ1n) is 11.5. The van der Waals surface area contributed by atoms with Crippen molar-refractivity contribution in [1.82, 2.24) is 4.90 Å². The van der Waals surface area contributed by atoms with Gasteiger partial charge in [-0.25, -0.2) is 4.79 Å². The summed E-state index contributed by atoms with van der Waals surface area (Å²) in [4.78, 5) is 13.9. The van der Waals surface area contributed by atoms with E-state index in [4.69, 9.17) is 14.2 Å². The predicted molar refractivity (Wildman–Crippen MR) is 111 cm³/mol. The number of hydrogen-bond donors (Lipinski definition) is 5. The van der Waals surface area contributed by atoms with Crippen LogP contribution in [-0.2, 0) is 21.4 Å². The van der Waals surface area contributed by atoms with Crippen LogP contribution in [0.5, 0.6) is 11.5 Å². The monoisotopic (exact) mass is 463 g/mol. The molecule has 10 heteroatoms. The van der Waals surface area contributed by atoms with Crippen LogP contribution in [0.25, 0.3) is 0 Å². The average molecular weight is 463 g/mol. The molecule has 2 bridgehead atoms. The highest BCUT2D eigenvalue weighted by atomic mass is 16.7. The Morgan fingerprint density at radius 3 is 2.70 bits per heavy atom. The van der Waals surface area contributed by atoms with Gasteiger partial charge in [-0.3, -0.25) is 0 Å². The van der Waals surface area contributed by atoms with E-state index in [0.29, 0.717) is 24.1 Å². The molecule has 1 aromatic carbocycles. The molecule has 10 nitrogen and oxygen atoms in total. The maximum absolute atomic E-state index is 11.5. The molecule has 2 aliphatic carbocycles. The average Bonchev–Trinajstić information content (AvgIpc) is 3.14. The third-order valence-corrected chi connectivity index (χ3v) is 8.60. The van der Waals surface area contributed by atoms with E-state index in [1.807, 2.05) is 6.07 Å². The molecule has 6 rings (SSSR count). The van der Waals surface area contributed by atoms with Crippen LogP contribution in [0.4, 0.5) is 0 Å². The second kappa shape index (κ2) is 7.27. The van der Waals surface area contributed by atoms with E-state index < -0.39 is 48.9 Å². The summed E-state index contributed by atoms with van der Waals surface area (Å²) < 4.78 is 17.6. The number of rotatable bonds is 3. The van der Waals surface area contributed by atoms with Gasteiger partial charge in [-0.15, -0.1) is 0 Å². The number of carbonyl (C=O) groups is 1. The first-order valence-corrected chi connectivity index (χ1v) is 11.5. The topological polar surface area (TPSA) is 149 Å². The van der Waals surface area contributed by atoms with Crippen LogP contribution in [0.2, 0.25) is 0 Å². The zero-order chi connectivity index (χ0) is 23.2. The van der Waals surface area contributed by atoms with Crippen molar-refractivity contribution in [3.05, 3.63) is 23.3 Å². The fraction of sp³-hybridized carbons (Fsp3) is 0.696. The van der Waals surface area contributed by atoms with Crippen molar-refractivity contribution in [2.45, 2.75) is 80.1 Å². The van der Waals surface area contributed by atoms with Crippen LogP contribution in [0.15, 0.2) is 12.1 Å². The first-order chi connectivity index (χ1) is 15.7. The van der Waals surface area contributed by atoms with Crippen LogP contribution in [0.3, 0.4) is 0 Å². The van der Waals surface area contributed by atoms with Gasteiger partial charge in [0.05, 0.1) is 6.10 Å². The molecule has 0 aromatic heterocycles. The molecule has 5 aliphatic rings. The van der Waals surface area contributed by atoms with Crippen molar-refractivity contribution in [2.24, 2.45) is 5.92 Å². The van der Waals surface area contributed by atoms with Gasteiger partial charge in [0.25, 0.3) is 0 Å². The molecule has 0 amide bonds. The normalized spacial score (nSPS) is 45.8. The fourth-order valence-corrected chi connectivity index (χ4v) is 7.07. The Balaban J connectivity index is 1.40. The number of ether oxygens (including phenoxy) is 3. The third kappa shape index (κ3) is 2.79. The Morgan fingerprint density at radius 1 is 1.15 bits per heavy atom. The third-order valence-electron chi connectivity index (χ3n) is 8.60. The number of piperidine rings is 1. The second-order valence-electron chi connectivity index (χ2n) is 10.1. The fourth-order valence-electron chi connectivity index (χ4n) is 7.07. The Hall–Kier alpha value is -1.95. The number of carboxylic acid groups (broad SMARTS) is 1. The van der Waals surface area contributed by atoms with Gasteiger partial charge in [-0.2, -0.15) is 0 Å². The molecular formula is C23H29NO9. The summed E-state index contributed by atoms with van der Waals surface area (Å²) in [6, 6.07) is 4.03. The summed E-state index contributed by atoms with van der Waals surface area (Å²) in [5.74, 6) is -0.368. The molecule has 3 aliphatic heterocycles. The number of nitrogens with zero attached hydrogens (tertiary/aromatic N) is 1. The van der Waals surface area contributed by atoms with Crippen molar-refractivity contribution in [3.63, 3.8) is 0 Å². The molecule has 10 atom stereocenters. The lowest BCUT2D eigenvalue weighted by Gasteiger charge is -2.58. The number of benzene rings is 1. The number of carboxylic acids is 1. The smallest absolute Gasteiger partial charge is 0.335 e. The number of hydrogen-bond acceptors (Lipinski definition) is 9. The summed E-state index contributed by atoms with van der Waals surface area (Å²) in [5, 5.41) is 50.7. The predicted octanol–water partition coefficient (Wildman–Crippen LogP) is -1.01. The molecule has 1 aromatic rings. The van der Waals surface area contributed by atoms with Crippen LogP contribution in [-0.4, -0.2) is 98.9 Å². The number of likely N-dealkylation sites (N-methyl/N-ethyl adjacent to an activating group) is 1. The minimum absolute atomic E-state index is 0.262. The molecule has 5 N–H and O–H groups in total. The van der Waals surface area contributed by atoms with E-state index >= 15 is 0 Å². The Morgan fingerprint density at radius 2 is 1.94 bits per heavy atom. The van der Waals surface area contributed by atoms with Gasteiger partial charge >= 0.3 is 5.97 Å². The van der Waals surface area contributed by atoms with Gasteiger partial charge in [0, 0.05) is 17.0 Å². The maximum atomic E-state index is 11.5.